The number of hydrogen-bond donors (Lipinski definition) is 2. The highest BCUT2D eigenvalue weighted by molar-refractivity contribution is 9.10. The van der Waals surface area contributed by atoms with E-state index in [9.17, 15) is 8.42 Å². The van der Waals surface area contributed by atoms with Crippen molar-refractivity contribution in [3.05, 3.63) is 27.7 Å². The standard InChI is InChI=1S/C11H14BrClN2O2S/c12-9-2-1-3-10(13)11(9)18(16,17)15-7-6-14-8-4-5-8/h1-3,8,14-15H,4-7H2. The molecule has 0 amide bonds. The molecule has 2 rings (SSSR count). The molecule has 2 N–H and O–H groups in total. The van der Waals surface area contributed by atoms with Crippen LogP contribution in [-0.4, -0.2) is 27.5 Å². The zero-order valence-electron chi connectivity index (χ0n) is 9.62. The molecule has 7 heteroatoms. The van der Waals surface area contributed by atoms with E-state index in [1.807, 2.05) is 0 Å². The summed E-state index contributed by atoms with van der Waals surface area (Å²) in [7, 11) is -3.57. The largest absolute Gasteiger partial charge is 0.313 e. The Morgan fingerprint density at radius 2 is 2.06 bits per heavy atom. The molecule has 1 saturated carbocycles. The van der Waals surface area contributed by atoms with Gasteiger partial charge in [0, 0.05) is 23.6 Å². The molecule has 4 nitrogen and oxygen atoms in total. The van der Waals surface area contributed by atoms with E-state index in [2.05, 4.69) is 26.0 Å². The molecule has 0 spiro atoms. The minimum Gasteiger partial charge on any atom is -0.313 e. The van der Waals surface area contributed by atoms with E-state index in [4.69, 9.17) is 11.6 Å². The number of nitrogens with one attached hydrogen (secondary N) is 2. The summed E-state index contributed by atoms with van der Waals surface area (Å²) in [4.78, 5) is 0.0955. The van der Waals surface area contributed by atoms with Gasteiger partial charge in [-0.1, -0.05) is 17.7 Å². The Morgan fingerprint density at radius 3 is 2.67 bits per heavy atom. The molecule has 0 aromatic heterocycles. The van der Waals surface area contributed by atoms with Gasteiger partial charge in [0.25, 0.3) is 0 Å². The molecule has 1 aromatic rings. The summed E-state index contributed by atoms with van der Waals surface area (Å²) < 4.78 is 27.2. The lowest BCUT2D eigenvalue weighted by molar-refractivity contribution is 0.575. The minimum absolute atomic E-state index is 0.0955. The van der Waals surface area contributed by atoms with Crippen LogP contribution >= 0.6 is 27.5 Å². The van der Waals surface area contributed by atoms with Crippen molar-refractivity contribution in [3.8, 4) is 0 Å². The van der Waals surface area contributed by atoms with Gasteiger partial charge in [0.05, 0.1) is 5.02 Å². The molecule has 0 radical (unpaired) electrons. The van der Waals surface area contributed by atoms with E-state index in [0.29, 0.717) is 23.6 Å². The summed E-state index contributed by atoms with van der Waals surface area (Å²) in [5.41, 5.74) is 0. The molecule has 1 aromatic carbocycles. The number of hydrogen-bond acceptors (Lipinski definition) is 3. The SMILES string of the molecule is O=S(=O)(NCCNC1CC1)c1c(Cl)cccc1Br. The highest BCUT2D eigenvalue weighted by Gasteiger charge is 2.22. The number of sulfonamides is 1. The molecule has 0 aliphatic heterocycles. The first-order valence-electron chi connectivity index (χ1n) is 5.68. The number of halogens is 2. The van der Waals surface area contributed by atoms with E-state index in [0.717, 1.165) is 0 Å². The van der Waals surface area contributed by atoms with Crippen molar-refractivity contribution < 1.29 is 8.42 Å². The Kier molecular flexibility index (Phi) is 4.66. The van der Waals surface area contributed by atoms with Crippen molar-refractivity contribution in [2.24, 2.45) is 0 Å². The molecule has 0 atom stereocenters. The van der Waals surface area contributed by atoms with Gasteiger partial charge < -0.3 is 5.32 Å². The fourth-order valence-corrected chi connectivity index (χ4v) is 4.32. The lowest BCUT2D eigenvalue weighted by Crippen LogP contribution is -2.33. The van der Waals surface area contributed by atoms with E-state index < -0.39 is 10.0 Å². The first-order chi connectivity index (χ1) is 8.50. The Bertz CT molecular complexity index is 512. The summed E-state index contributed by atoms with van der Waals surface area (Å²) in [5.74, 6) is 0. The second kappa shape index (κ2) is 5.88. The van der Waals surface area contributed by atoms with E-state index in [1.54, 1.807) is 18.2 Å². The van der Waals surface area contributed by atoms with Crippen LogP contribution in [0.25, 0.3) is 0 Å². The van der Waals surface area contributed by atoms with Gasteiger partial charge in [-0.25, -0.2) is 13.1 Å². The van der Waals surface area contributed by atoms with Crippen molar-refractivity contribution in [2.45, 2.75) is 23.8 Å². The second-order valence-electron chi connectivity index (χ2n) is 4.18. The third kappa shape index (κ3) is 3.68. The minimum atomic E-state index is -3.57. The molecule has 0 bridgehead atoms. The van der Waals surface area contributed by atoms with Crippen LogP contribution in [0.5, 0.6) is 0 Å². The van der Waals surface area contributed by atoms with Crippen LogP contribution in [0.3, 0.4) is 0 Å². The predicted octanol–water partition coefficient (Wildman–Crippen LogP) is 2.13. The normalized spacial score (nSPS) is 15.9. The van der Waals surface area contributed by atoms with Gasteiger partial charge in [-0.15, -0.1) is 0 Å². The van der Waals surface area contributed by atoms with Gasteiger partial charge in [-0.3, -0.25) is 0 Å². The molecular weight excluding hydrogens is 340 g/mol. The zero-order chi connectivity index (χ0) is 13.2. The number of rotatable bonds is 6. The second-order valence-corrected chi connectivity index (χ2v) is 7.14. The Morgan fingerprint density at radius 1 is 1.33 bits per heavy atom. The summed E-state index contributed by atoms with van der Waals surface area (Å²) >= 11 is 9.13. The highest BCUT2D eigenvalue weighted by Crippen LogP contribution is 2.28. The Balaban J connectivity index is 2.00. The molecule has 0 unspecified atom stereocenters. The van der Waals surface area contributed by atoms with E-state index in [-0.39, 0.29) is 9.92 Å². The Labute approximate surface area is 120 Å². The Hall–Kier alpha value is -0.140. The predicted molar refractivity (Wildman–Crippen MR) is 75.4 cm³/mol. The van der Waals surface area contributed by atoms with Gasteiger partial charge >= 0.3 is 0 Å². The van der Waals surface area contributed by atoms with Gasteiger partial charge in [0.2, 0.25) is 10.0 Å². The summed E-state index contributed by atoms with van der Waals surface area (Å²) in [5, 5.41) is 3.45. The average molecular weight is 354 g/mol. The maximum Gasteiger partial charge on any atom is 0.243 e. The fourth-order valence-electron chi connectivity index (χ4n) is 1.56. The molecule has 0 heterocycles. The first kappa shape index (κ1) is 14.3. The lowest BCUT2D eigenvalue weighted by atomic mass is 10.4. The average Bonchev–Trinajstić information content (AvgIpc) is 3.07. The lowest BCUT2D eigenvalue weighted by Gasteiger charge is -2.10. The van der Waals surface area contributed by atoms with Crippen LogP contribution in [0.15, 0.2) is 27.6 Å². The third-order valence-corrected chi connectivity index (χ3v) is 5.53. The molecule has 18 heavy (non-hydrogen) atoms. The van der Waals surface area contributed by atoms with Gasteiger partial charge in [-0.05, 0) is 40.9 Å². The van der Waals surface area contributed by atoms with Crippen LogP contribution in [0.1, 0.15) is 12.8 Å². The third-order valence-electron chi connectivity index (χ3n) is 2.62. The van der Waals surface area contributed by atoms with Crippen LogP contribution in [0.2, 0.25) is 5.02 Å². The summed E-state index contributed by atoms with van der Waals surface area (Å²) in [6.45, 7) is 0.989. The first-order valence-corrected chi connectivity index (χ1v) is 8.33. The summed E-state index contributed by atoms with van der Waals surface area (Å²) in [6.07, 6.45) is 2.37. The monoisotopic (exact) mass is 352 g/mol. The van der Waals surface area contributed by atoms with Crippen molar-refractivity contribution in [1.82, 2.24) is 10.0 Å². The summed E-state index contributed by atoms with van der Waals surface area (Å²) in [6, 6.07) is 5.48. The van der Waals surface area contributed by atoms with Crippen LogP contribution in [-0.2, 0) is 10.0 Å². The van der Waals surface area contributed by atoms with Crippen molar-refractivity contribution in [3.63, 3.8) is 0 Å². The van der Waals surface area contributed by atoms with Gasteiger partial charge in [0.15, 0.2) is 0 Å². The highest BCUT2D eigenvalue weighted by atomic mass is 79.9. The molecule has 0 saturated heterocycles. The quantitative estimate of drug-likeness (QED) is 0.770. The van der Waals surface area contributed by atoms with Gasteiger partial charge in [-0.2, -0.15) is 0 Å². The van der Waals surface area contributed by atoms with Crippen LogP contribution < -0.4 is 10.0 Å². The molecular formula is C11H14BrClN2O2S. The smallest absolute Gasteiger partial charge is 0.243 e. The van der Waals surface area contributed by atoms with E-state index >= 15 is 0 Å². The van der Waals surface area contributed by atoms with Crippen molar-refractivity contribution >= 4 is 37.6 Å². The number of benzene rings is 1. The van der Waals surface area contributed by atoms with Crippen molar-refractivity contribution in [1.29, 1.82) is 0 Å². The maximum atomic E-state index is 12.1. The maximum absolute atomic E-state index is 12.1. The van der Waals surface area contributed by atoms with Gasteiger partial charge in [0.1, 0.15) is 4.90 Å². The zero-order valence-corrected chi connectivity index (χ0v) is 12.8. The van der Waals surface area contributed by atoms with Crippen LogP contribution in [0, 0.1) is 0 Å². The molecule has 100 valence electrons. The topological polar surface area (TPSA) is 58.2 Å². The van der Waals surface area contributed by atoms with Crippen LogP contribution in [0.4, 0.5) is 0 Å². The molecule has 1 aliphatic carbocycles. The fraction of sp³-hybridized carbons (Fsp3) is 0.455. The molecule has 1 aliphatic rings. The van der Waals surface area contributed by atoms with Crippen molar-refractivity contribution in [2.75, 3.05) is 13.1 Å². The molecule has 1 fully saturated rings. The van der Waals surface area contributed by atoms with E-state index in [1.165, 1.54) is 12.8 Å².